The molecule has 0 bridgehead atoms. The molecule has 0 aliphatic carbocycles. The summed E-state index contributed by atoms with van der Waals surface area (Å²) >= 11 is 3.64. The van der Waals surface area contributed by atoms with E-state index in [0.717, 1.165) is 32.6 Å². The number of pyridine rings is 1. The molecular formula is C19H16BrNO. The van der Waals surface area contributed by atoms with E-state index >= 15 is 0 Å². The van der Waals surface area contributed by atoms with Crippen LogP contribution in [0.1, 0.15) is 5.56 Å². The molecule has 1 aromatic heterocycles. The molecule has 0 amide bonds. The SMILES string of the molecule is COCc1cc(Br)c(-c2ccccc2)nc1-c1ccccc1. The molecule has 3 rings (SSSR count). The molecule has 0 spiro atoms. The van der Waals surface area contributed by atoms with Gasteiger partial charge in [-0.3, -0.25) is 0 Å². The van der Waals surface area contributed by atoms with E-state index in [9.17, 15) is 0 Å². The van der Waals surface area contributed by atoms with E-state index in [1.165, 1.54) is 0 Å². The number of nitrogens with zero attached hydrogens (tertiary/aromatic N) is 1. The number of hydrogen-bond acceptors (Lipinski definition) is 2. The van der Waals surface area contributed by atoms with Crippen molar-refractivity contribution >= 4 is 15.9 Å². The summed E-state index contributed by atoms with van der Waals surface area (Å²) in [4.78, 5) is 4.90. The third kappa shape index (κ3) is 3.11. The van der Waals surface area contributed by atoms with Crippen molar-refractivity contribution in [3.05, 3.63) is 76.8 Å². The maximum absolute atomic E-state index is 5.33. The molecule has 1 heterocycles. The van der Waals surface area contributed by atoms with Gasteiger partial charge in [0.15, 0.2) is 0 Å². The van der Waals surface area contributed by atoms with Crippen LogP contribution in [0.2, 0.25) is 0 Å². The van der Waals surface area contributed by atoms with Gasteiger partial charge >= 0.3 is 0 Å². The second kappa shape index (κ2) is 6.86. The van der Waals surface area contributed by atoms with E-state index in [4.69, 9.17) is 9.72 Å². The molecule has 0 N–H and O–H groups in total. The normalized spacial score (nSPS) is 10.6. The predicted molar refractivity (Wildman–Crippen MR) is 93.5 cm³/mol. The second-order valence-corrected chi connectivity index (χ2v) is 5.85. The third-order valence-electron chi connectivity index (χ3n) is 3.45. The standard InChI is InChI=1S/C19H16BrNO/c1-22-13-16-12-17(20)19(15-10-6-3-7-11-15)21-18(16)14-8-4-2-5-9-14/h2-12H,13H2,1H3. The zero-order chi connectivity index (χ0) is 15.4. The highest BCUT2D eigenvalue weighted by molar-refractivity contribution is 9.10. The Balaban J connectivity index is 2.18. The molecule has 110 valence electrons. The van der Waals surface area contributed by atoms with Crippen molar-refractivity contribution in [2.45, 2.75) is 6.61 Å². The van der Waals surface area contributed by atoms with Gasteiger partial charge in [-0.15, -0.1) is 0 Å². The van der Waals surface area contributed by atoms with Crippen molar-refractivity contribution in [3.63, 3.8) is 0 Å². The van der Waals surface area contributed by atoms with Crippen LogP contribution in [0.25, 0.3) is 22.5 Å². The number of rotatable bonds is 4. The quantitative estimate of drug-likeness (QED) is 0.632. The van der Waals surface area contributed by atoms with Gasteiger partial charge in [0.1, 0.15) is 0 Å². The lowest BCUT2D eigenvalue weighted by Gasteiger charge is -2.13. The Kier molecular flexibility index (Phi) is 4.66. The number of hydrogen-bond donors (Lipinski definition) is 0. The smallest absolute Gasteiger partial charge is 0.0851 e. The molecule has 22 heavy (non-hydrogen) atoms. The van der Waals surface area contributed by atoms with E-state index in [1.807, 2.05) is 36.4 Å². The van der Waals surface area contributed by atoms with Gasteiger partial charge in [-0.05, 0) is 22.0 Å². The second-order valence-electron chi connectivity index (χ2n) is 4.99. The van der Waals surface area contributed by atoms with Gasteiger partial charge < -0.3 is 4.74 Å². The molecule has 0 unspecified atom stereocenters. The van der Waals surface area contributed by atoms with Gasteiger partial charge in [0.05, 0.1) is 18.0 Å². The zero-order valence-electron chi connectivity index (χ0n) is 12.3. The molecule has 0 aliphatic heterocycles. The van der Waals surface area contributed by atoms with Crippen molar-refractivity contribution in [1.29, 1.82) is 0 Å². The van der Waals surface area contributed by atoms with Crippen LogP contribution in [0.4, 0.5) is 0 Å². The largest absolute Gasteiger partial charge is 0.380 e. The van der Waals surface area contributed by atoms with Gasteiger partial charge in [0, 0.05) is 28.3 Å². The van der Waals surface area contributed by atoms with Gasteiger partial charge in [-0.1, -0.05) is 60.7 Å². The average molecular weight is 354 g/mol. The van der Waals surface area contributed by atoms with Crippen LogP contribution in [-0.2, 0) is 11.3 Å². The molecule has 0 aliphatic rings. The van der Waals surface area contributed by atoms with Crippen molar-refractivity contribution in [3.8, 4) is 22.5 Å². The van der Waals surface area contributed by atoms with E-state index in [0.29, 0.717) is 6.61 Å². The van der Waals surface area contributed by atoms with Gasteiger partial charge in [0.25, 0.3) is 0 Å². The summed E-state index contributed by atoms with van der Waals surface area (Å²) in [5, 5.41) is 0. The summed E-state index contributed by atoms with van der Waals surface area (Å²) in [6, 6.07) is 22.5. The molecule has 3 aromatic rings. The highest BCUT2D eigenvalue weighted by Crippen LogP contribution is 2.32. The molecule has 2 nitrogen and oxygen atoms in total. The van der Waals surface area contributed by atoms with Crippen LogP contribution in [0, 0.1) is 0 Å². The summed E-state index contributed by atoms with van der Waals surface area (Å²) in [7, 11) is 1.70. The number of methoxy groups -OCH3 is 1. The van der Waals surface area contributed by atoms with Crippen molar-refractivity contribution < 1.29 is 4.74 Å². The Morgan fingerprint density at radius 1 is 0.864 bits per heavy atom. The number of benzene rings is 2. The Bertz CT molecular complexity index is 757. The molecule has 0 saturated heterocycles. The molecule has 0 atom stereocenters. The number of ether oxygens (including phenoxy) is 1. The fourth-order valence-corrected chi connectivity index (χ4v) is 3.03. The summed E-state index contributed by atoms with van der Waals surface area (Å²) in [6.07, 6.45) is 0. The Morgan fingerprint density at radius 3 is 1.95 bits per heavy atom. The van der Waals surface area contributed by atoms with E-state index < -0.39 is 0 Å². The average Bonchev–Trinajstić information content (AvgIpc) is 2.57. The summed E-state index contributed by atoms with van der Waals surface area (Å²) in [5.41, 5.74) is 5.17. The Morgan fingerprint density at radius 2 is 1.41 bits per heavy atom. The first-order chi connectivity index (χ1) is 10.8. The molecule has 3 heteroatoms. The molecule has 2 aromatic carbocycles. The lowest BCUT2D eigenvalue weighted by atomic mass is 10.0. The van der Waals surface area contributed by atoms with Crippen LogP contribution < -0.4 is 0 Å². The fraction of sp³-hybridized carbons (Fsp3) is 0.105. The first kappa shape index (κ1) is 14.9. The molecule has 0 saturated carbocycles. The van der Waals surface area contributed by atoms with Crippen LogP contribution >= 0.6 is 15.9 Å². The number of halogens is 1. The summed E-state index contributed by atoms with van der Waals surface area (Å²) < 4.78 is 6.31. The van der Waals surface area contributed by atoms with E-state index in [-0.39, 0.29) is 0 Å². The van der Waals surface area contributed by atoms with Gasteiger partial charge in [-0.2, -0.15) is 0 Å². The van der Waals surface area contributed by atoms with Crippen molar-refractivity contribution in [1.82, 2.24) is 4.98 Å². The highest BCUT2D eigenvalue weighted by Gasteiger charge is 2.13. The van der Waals surface area contributed by atoms with Crippen molar-refractivity contribution in [2.24, 2.45) is 0 Å². The summed E-state index contributed by atoms with van der Waals surface area (Å²) in [6.45, 7) is 0.533. The molecule has 0 fully saturated rings. The first-order valence-corrected chi connectivity index (χ1v) is 7.88. The molecule has 0 radical (unpaired) electrons. The van der Waals surface area contributed by atoms with Gasteiger partial charge in [-0.25, -0.2) is 4.98 Å². The van der Waals surface area contributed by atoms with Crippen LogP contribution in [0.5, 0.6) is 0 Å². The Labute approximate surface area is 138 Å². The first-order valence-electron chi connectivity index (χ1n) is 7.09. The van der Waals surface area contributed by atoms with Crippen molar-refractivity contribution in [2.75, 3.05) is 7.11 Å². The van der Waals surface area contributed by atoms with Gasteiger partial charge in [0.2, 0.25) is 0 Å². The minimum absolute atomic E-state index is 0.533. The summed E-state index contributed by atoms with van der Waals surface area (Å²) in [5.74, 6) is 0. The topological polar surface area (TPSA) is 22.1 Å². The Hall–Kier alpha value is -1.97. The highest BCUT2D eigenvalue weighted by atomic mass is 79.9. The lowest BCUT2D eigenvalue weighted by Crippen LogP contribution is -1.98. The number of aromatic nitrogens is 1. The van der Waals surface area contributed by atoms with E-state index in [1.54, 1.807) is 7.11 Å². The zero-order valence-corrected chi connectivity index (χ0v) is 13.9. The minimum atomic E-state index is 0.533. The maximum Gasteiger partial charge on any atom is 0.0851 e. The van der Waals surface area contributed by atoms with E-state index in [2.05, 4.69) is 46.3 Å². The lowest BCUT2D eigenvalue weighted by molar-refractivity contribution is 0.185. The molecular weight excluding hydrogens is 338 g/mol. The minimum Gasteiger partial charge on any atom is -0.380 e. The van der Waals surface area contributed by atoms with Crippen LogP contribution in [0.3, 0.4) is 0 Å². The van der Waals surface area contributed by atoms with Crippen LogP contribution in [-0.4, -0.2) is 12.1 Å². The maximum atomic E-state index is 5.33. The van der Waals surface area contributed by atoms with Crippen LogP contribution in [0.15, 0.2) is 71.2 Å². The third-order valence-corrected chi connectivity index (χ3v) is 4.05. The fourth-order valence-electron chi connectivity index (χ4n) is 2.44. The predicted octanol–water partition coefficient (Wildman–Crippen LogP) is 5.32. The monoisotopic (exact) mass is 353 g/mol.